The zero-order chi connectivity index (χ0) is 38.4. The second-order valence-electron chi connectivity index (χ2n) is 10.1. The fourth-order valence-electron chi connectivity index (χ4n) is 3.84. The van der Waals surface area contributed by atoms with Crippen LogP contribution in [0, 0.1) is 0 Å². The van der Waals surface area contributed by atoms with Crippen molar-refractivity contribution in [3.8, 4) is 23.0 Å². The molecule has 23 heteroatoms. The summed E-state index contributed by atoms with van der Waals surface area (Å²) in [4.78, 5) is 0. The topological polar surface area (TPSA) is 36.9 Å². The lowest BCUT2D eigenvalue weighted by atomic mass is 10.0. The number of alkyl halides is 18. The van der Waals surface area contributed by atoms with Crippen molar-refractivity contribution in [1.82, 2.24) is 0 Å². The molecular weight excluding hydrogens is 741 g/mol. The number of hydrogen-bond acceptors (Lipinski definition) is 4. The van der Waals surface area contributed by atoms with Crippen LogP contribution in [-0.4, -0.2) is 13.4 Å². The van der Waals surface area contributed by atoms with Crippen LogP contribution in [-0.2, 0) is 37.1 Å². The molecule has 3 aromatic carbocycles. The van der Waals surface area contributed by atoms with Crippen molar-refractivity contribution in [2.75, 3.05) is 0 Å². The van der Waals surface area contributed by atoms with Crippen LogP contribution in [0.25, 0.3) is 0 Å². The van der Waals surface area contributed by atoms with Gasteiger partial charge < -0.3 is 18.7 Å². The molecule has 0 spiro atoms. The lowest BCUT2D eigenvalue weighted by Gasteiger charge is -2.25. The Morgan fingerprint density at radius 1 is 0.440 bits per heavy atom. The van der Waals surface area contributed by atoms with Crippen molar-refractivity contribution >= 4 is 7.32 Å². The van der Waals surface area contributed by atoms with E-state index in [9.17, 15) is 79.0 Å². The highest BCUT2D eigenvalue weighted by atomic mass is 19.4. The number of rotatable bonds is 8. The van der Waals surface area contributed by atoms with Crippen molar-refractivity contribution < 1.29 is 97.7 Å². The Hall–Kier alpha value is -4.34. The van der Waals surface area contributed by atoms with Crippen molar-refractivity contribution in [2.45, 2.75) is 57.0 Å². The van der Waals surface area contributed by atoms with Gasteiger partial charge in [0.1, 0.15) is 22.8 Å². The van der Waals surface area contributed by atoms with Crippen LogP contribution in [0.3, 0.4) is 0 Å². The van der Waals surface area contributed by atoms with E-state index in [2.05, 4.69) is 9.31 Å². The predicted molar refractivity (Wildman–Crippen MR) is 133 cm³/mol. The Kier molecular flexibility index (Phi) is 10.8. The largest absolute Gasteiger partial charge is 0.864 e. The quantitative estimate of drug-likeness (QED) is 0.169. The molecule has 0 aliphatic carbocycles. The first-order valence-electron chi connectivity index (χ1n) is 12.9. The third kappa shape index (κ3) is 10.1. The maximum absolute atomic E-state index is 13.9. The number of benzene rings is 3. The van der Waals surface area contributed by atoms with Crippen LogP contribution in [0.2, 0.25) is 0 Å². The first-order chi connectivity index (χ1) is 22.4. The second-order valence-corrected chi connectivity index (χ2v) is 10.1. The zero-order valence-corrected chi connectivity index (χ0v) is 24.2. The smallest absolute Gasteiger partial charge is 0.490 e. The molecule has 0 saturated carbocycles. The van der Waals surface area contributed by atoms with E-state index in [1.165, 1.54) is 0 Å². The molecule has 0 amide bonds. The molecule has 3 rings (SSSR count). The van der Waals surface area contributed by atoms with Crippen molar-refractivity contribution in [3.05, 3.63) is 81.9 Å². The summed E-state index contributed by atoms with van der Waals surface area (Å²) in [7, 11) is -3.46. The fourth-order valence-corrected chi connectivity index (χ4v) is 3.84. The summed E-state index contributed by atoms with van der Waals surface area (Å²) in [5.74, 6) is -7.13. The highest BCUT2D eigenvalue weighted by Crippen LogP contribution is 2.47. The van der Waals surface area contributed by atoms with Gasteiger partial charge in [-0.25, -0.2) is 0 Å². The van der Waals surface area contributed by atoms with Crippen LogP contribution in [0.5, 0.6) is 23.0 Å². The van der Waals surface area contributed by atoms with Gasteiger partial charge in [-0.15, -0.1) is 0 Å². The summed E-state index contributed by atoms with van der Waals surface area (Å²) in [6, 6.07) is -2.57. The lowest BCUT2D eigenvalue weighted by molar-refractivity contribution is -0.145. The third-order valence-corrected chi connectivity index (χ3v) is 5.90. The molecule has 0 fully saturated rings. The zero-order valence-electron chi connectivity index (χ0n) is 24.2. The molecule has 0 heterocycles. The average Bonchev–Trinajstić information content (AvgIpc) is 2.90. The Labute approximate surface area is 267 Å². The summed E-state index contributed by atoms with van der Waals surface area (Å²) in [6.45, 7) is 2.04. The van der Waals surface area contributed by atoms with E-state index in [1.54, 1.807) is 0 Å². The Balaban J connectivity index is 2.38. The lowest BCUT2D eigenvalue weighted by Crippen LogP contribution is -2.38. The molecule has 0 aliphatic rings. The van der Waals surface area contributed by atoms with Gasteiger partial charge in [-0.2, -0.15) is 79.0 Å². The van der Waals surface area contributed by atoms with E-state index in [0.717, 1.165) is 13.8 Å². The van der Waals surface area contributed by atoms with Crippen LogP contribution in [0.15, 0.2) is 48.5 Å². The van der Waals surface area contributed by atoms with Gasteiger partial charge in [-0.1, -0.05) is 0 Å². The highest BCUT2D eigenvalue weighted by molar-refractivity contribution is 6.39. The Morgan fingerprint density at radius 2 is 0.860 bits per heavy atom. The minimum atomic E-state index is -5.73. The standard InChI is InChI=1S/C27H15BF18O4/c1-11(2)47-21-18(27(44,45)46)8-15(25(38,39)40)10-20(21)50-28(48-16-6-13(23(32,33)34)5-14(7-16)24(35,36)37)49-19-9-12(22(29,30)31)3-4-17(19)26(41,42)43/h3-11H,1-2H3. The summed E-state index contributed by atoms with van der Waals surface area (Å²) >= 11 is 0. The first kappa shape index (κ1) is 40.1. The van der Waals surface area contributed by atoms with E-state index < -0.39 is 125 Å². The molecule has 0 saturated heterocycles. The van der Waals surface area contributed by atoms with Crippen molar-refractivity contribution in [1.29, 1.82) is 0 Å². The van der Waals surface area contributed by atoms with Gasteiger partial charge in [0.05, 0.1) is 33.9 Å². The van der Waals surface area contributed by atoms with E-state index in [4.69, 9.17) is 9.39 Å². The molecule has 0 aromatic heterocycles. The maximum Gasteiger partial charge on any atom is 0.864 e. The van der Waals surface area contributed by atoms with Gasteiger partial charge in [0, 0.05) is 0 Å². The molecule has 0 atom stereocenters. The monoisotopic (exact) mass is 756 g/mol. The van der Waals surface area contributed by atoms with Gasteiger partial charge >= 0.3 is 44.4 Å². The normalized spacial score (nSPS) is 13.4. The molecule has 4 nitrogen and oxygen atoms in total. The molecule has 0 N–H and O–H groups in total. The van der Waals surface area contributed by atoms with E-state index in [1.807, 2.05) is 0 Å². The Morgan fingerprint density at radius 3 is 1.28 bits per heavy atom. The second kappa shape index (κ2) is 13.4. The van der Waals surface area contributed by atoms with Crippen molar-refractivity contribution in [3.63, 3.8) is 0 Å². The Bertz CT molecular complexity index is 1640. The SMILES string of the molecule is CC(C)Oc1c(OB(Oc2cc(C(F)(F)F)cc(C(F)(F)F)c2)Oc2cc(C(F)(F)F)ccc2C(F)(F)F)cc(C(F)(F)F)cc1C(F)(F)F. The molecule has 3 aromatic rings. The number of halogens is 18. The average molecular weight is 756 g/mol. The van der Waals surface area contributed by atoms with Crippen LogP contribution in [0.4, 0.5) is 79.0 Å². The highest BCUT2D eigenvalue weighted by Gasteiger charge is 2.46. The molecule has 50 heavy (non-hydrogen) atoms. The van der Waals surface area contributed by atoms with Gasteiger partial charge in [0.15, 0.2) is 5.75 Å². The summed E-state index contributed by atoms with van der Waals surface area (Å²) in [6.07, 6.45) is -35.1. The van der Waals surface area contributed by atoms with Crippen LogP contribution in [0.1, 0.15) is 47.2 Å². The van der Waals surface area contributed by atoms with Crippen molar-refractivity contribution in [2.24, 2.45) is 0 Å². The van der Waals surface area contributed by atoms with Gasteiger partial charge in [0.25, 0.3) is 0 Å². The maximum atomic E-state index is 13.9. The minimum Gasteiger partial charge on any atom is -0.490 e. The van der Waals surface area contributed by atoms with E-state index >= 15 is 0 Å². The van der Waals surface area contributed by atoms with Crippen LogP contribution < -0.4 is 18.7 Å². The van der Waals surface area contributed by atoms with Gasteiger partial charge in [-0.3, -0.25) is 0 Å². The summed E-state index contributed by atoms with van der Waals surface area (Å²) < 4.78 is 264. The molecule has 276 valence electrons. The number of hydrogen-bond donors (Lipinski definition) is 0. The molecule has 0 radical (unpaired) electrons. The van der Waals surface area contributed by atoms with Gasteiger partial charge in [-0.05, 0) is 62.4 Å². The minimum absolute atomic E-state index is 0.133. The molecular formula is C27H15BF18O4. The summed E-state index contributed by atoms with van der Waals surface area (Å²) in [5, 5.41) is 0. The third-order valence-electron chi connectivity index (χ3n) is 5.90. The van der Waals surface area contributed by atoms with E-state index in [0.29, 0.717) is 0 Å². The predicted octanol–water partition coefficient (Wildman–Crippen LogP) is 11.1. The van der Waals surface area contributed by atoms with Gasteiger partial charge in [0.2, 0.25) is 0 Å². The number of ether oxygens (including phenoxy) is 1. The molecule has 0 bridgehead atoms. The van der Waals surface area contributed by atoms with Crippen LogP contribution >= 0.6 is 0 Å². The molecule has 0 aliphatic heterocycles. The van der Waals surface area contributed by atoms with E-state index in [-0.39, 0.29) is 30.3 Å². The first-order valence-corrected chi connectivity index (χ1v) is 12.9. The summed E-state index contributed by atoms with van der Waals surface area (Å²) in [5.41, 5.74) is -12.8. The fraction of sp³-hybridized carbons (Fsp3) is 0.333. The molecule has 0 unspecified atom stereocenters.